The Kier molecular flexibility index (Phi) is 3.51. The minimum absolute atomic E-state index is 0.622. The number of aromatic nitrogens is 3. The number of para-hydroxylation sites is 1. The van der Waals surface area contributed by atoms with Gasteiger partial charge in [0.15, 0.2) is 5.82 Å². The van der Waals surface area contributed by atoms with E-state index in [0.29, 0.717) is 17.5 Å². The van der Waals surface area contributed by atoms with Gasteiger partial charge in [-0.15, -0.1) is 0 Å². The summed E-state index contributed by atoms with van der Waals surface area (Å²) in [6, 6.07) is 13.5. The Hall–Kier alpha value is -2.89. The molecule has 1 aromatic carbocycles. The van der Waals surface area contributed by atoms with Gasteiger partial charge in [0.05, 0.1) is 0 Å². The molecule has 21 heavy (non-hydrogen) atoms. The number of hydrogen-bond donors (Lipinski definition) is 2. The Morgan fingerprint density at radius 3 is 2.24 bits per heavy atom. The third-order valence-electron chi connectivity index (χ3n) is 2.77. The lowest BCUT2D eigenvalue weighted by molar-refractivity contribution is 0.400. The average Bonchev–Trinajstić information content (AvgIpc) is 2.84. The van der Waals surface area contributed by atoms with E-state index in [4.69, 9.17) is 4.52 Å². The fraction of sp³-hybridized carbons (Fsp3) is 0.133. The molecular weight excluding hydrogens is 266 g/mol. The molecule has 0 radical (unpaired) electrons. The van der Waals surface area contributed by atoms with Crippen LogP contribution >= 0.6 is 0 Å². The highest BCUT2D eigenvalue weighted by Gasteiger charge is 2.05. The van der Waals surface area contributed by atoms with Crippen molar-refractivity contribution in [2.75, 3.05) is 10.6 Å². The second kappa shape index (κ2) is 5.62. The summed E-state index contributed by atoms with van der Waals surface area (Å²) in [5.74, 6) is 3.41. The van der Waals surface area contributed by atoms with Crippen molar-refractivity contribution < 1.29 is 4.52 Å². The molecule has 0 aliphatic carbocycles. The summed E-state index contributed by atoms with van der Waals surface area (Å²) < 4.78 is 5.02. The van der Waals surface area contributed by atoms with Gasteiger partial charge >= 0.3 is 0 Å². The van der Waals surface area contributed by atoms with E-state index in [1.54, 1.807) is 0 Å². The van der Waals surface area contributed by atoms with Crippen molar-refractivity contribution in [3.05, 3.63) is 54.0 Å². The summed E-state index contributed by atoms with van der Waals surface area (Å²) in [6.07, 6.45) is 0. The molecule has 106 valence electrons. The van der Waals surface area contributed by atoms with Crippen LogP contribution in [0, 0.1) is 13.8 Å². The van der Waals surface area contributed by atoms with Gasteiger partial charge in [0, 0.05) is 17.8 Å². The Morgan fingerprint density at radius 1 is 0.857 bits per heavy atom. The molecular formula is C15H15N5O. The van der Waals surface area contributed by atoms with Crippen molar-refractivity contribution >= 4 is 23.1 Å². The first-order valence-electron chi connectivity index (χ1n) is 6.57. The van der Waals surface area contributed by atoms with Crippen LogP contribution in [0.2, 0.25) is 0 Å². The number of anilines is 4. The summed E-state index contributed by atoms with van der Waals surface area (Å²) in [5, 5.41) is 10.2. The Balaban J connectivity index is 1.82. The highest BCUT2D eigenvalue weighted by molar-refractivity contribution is 5.61. The molecule has 2 heterocycles. The van der Waals surface area contributed by atoms with Crippen LogP contribution in [-0.4, -0.2) is 15.1 Å². The fourth-order valence-electron chi connectivity index (χ4n) is 1.92. The number of rotatable bonds is 4. The molecule has 0 amide bonds. The van der Waals surface area contributed by atoms with Crippen molar-refractivity contribution in [2.45, 2.75) is 13.8 Å². The molecule has 3 rings (SSSR count). The topological polar surface area (TPSA) is 75.9 Å². The van der Waals surface area contributed by atoms with Gasteiger partial charge in [-0.2, -0.15) is 0 Å². The van der Waals surface area contributed by atoms with Gasteiger partial charge in [0.2, 0.25) is 0 Å². The van der Waals surface area contributed by atoms with E-state index < -0.39 is 0 Å². The summed E-state index contributed by atoms with van der Waals surface area (Å²) in [7, 11) is 0. The largest absolute Gasteiger partial charge is 0.360 e. The van der Waals surface area contributed by atoms with Crippen LogP contribution in [0.15, 0.2) is 47.0 Å². The van der Waals surface area contributed by atoms with E-state index in [1.807, 2.05) is 56.3 Å². The lowest BCUT2D eigenvalue weighted by Gasteiger charge is -2.08. The number of nitrogens with one attached hydrogen (secondary N) is 2. The van der Waals surface area contributed by atoms with Crippen LogP contribution in [0.4, 0.5) is 23.1 Å². The predicted octanol–water partition coefficient (Wildman–Crippen LogP) is 3.57. The van der Waals surface area contributed by atoms with Crippen LogP contribution in [0.5, 0.6) is 0 Å². The smallest absolute Gasteiger partial charge is 0.175 e. The molecule has 2 N–H and O–H groups in total. The predicted molar refractivity (Wildman–Crippen MR) is 81.0 cm³/mol. The molecule has 2 aromatic heterocycles. The van der Waals surface area contributed by atoms with Crippen molar-refractivity contribution in [2.24, 2.45) is 0 Å². The van der Waals surface area contributed by atoms with E-state index in [1.165, 1.54) is 0 Å². The molecule has 0 aliphatic rings. The number of hydrogen-bond acceptors (Lipinski definition) is 6. The summed E-state index contributed by atoms with van der Waals surface area (Å²) in [6.45, 7) is 3.68. The molecule has 6 nitrogen and oxygen atoms in total. The molecule has 0 saturated carbocycles. The van der Waals surface area contributed by atoms with E-state index in [-0.39, 0.29) is 0 Å². The van der Waals surface area contributed by atoms with Crippen LogP contribution in [0.3, 0.4) is 0 Å². The van der Waals surface area contributed by atoms with Crippen LogP contribution in [-0.2, 0) is 0 Å². The van der Waals surface area contributed by atoms with Gasteiger partial charge in [-0.1, -0.05) is 23.4 Å². The van der Waals surface area contributed by atoms with Gasteiger partial charge < -0.3 is 15.2 Å². The average molecular weight is 281 g/mol. The summed E-state index contributed by atoms with van der Waals surface area (Å²) in [4.78, 5) is 8.71. The third-order valence-corrected chi connectivity index (χ3v) is 2.77. The van der Waals surface area contributed by atoms with Gasteiger partial charge in [0.1, 0.15) is 23.2 Å². The first-order chi connectivity index (χ1) is 10.2. The van der Waals surface area contributed by atoms with Crippen LogP contribution < -0.4 is 10.6 Å². The highest BCUT2D eigenvalue weighted by Crippen LogP contribution is 2.20. The van der Waals surface area contributed by atoms with Crippen LogP contribution in [0.25, 0.3) is 0 Å². The number of nitrogens with zero attached hydrogens (tertiary/aromatic N) is 3. The monoisotopic (exact) mass is 281 g/mol. The van der Waals surface area contributed by atoms with Crippen molar-refractivity contribution in [1.29, 1.82) is 0 Å². The molecule has 0 atom stereocenters. The molecule has 0 bridgehead atoms. The maximum atomic E-state index is 5.02. The second-order valence-corrected chi connectivity index (χ2v) is 4.62. The minimum Gasteiger partial charge on any atom is -0.360 e. The molecule has 6 heteroatoms. The van der Waals surface area contributed by atoms with Crippen LogP contribution in [0.1, 0.15) is 11.6 Å². The molecule has 0 spiro atoms. The molecule has 0 unspecified atom stereocenters. The maximum Gasteiger partial charge on any atom is 0.175 e. The standard InChI is InChI=1S/C15H15N5O/c1-10-8-15(20-21-10)19-14-9-13(16-11(2)17-14)18-12-6-4-3-5-7-12/h3-9H,1-2H3,(H2,16,17,18,19,20). The SMILES string of the molecule is Cc1nc(Nc2ccccc2)cc(Nc2cc(C)on2)n1. The zero-order chi connectivity index (χ0) is 14.7. The Bertz CT molecular complexity index is 739. The van der Waals surface area contributed by atoms with Gasteiger partial charge in [0.25, 0.3) is 0 Å². The van der Waals surface area contributed by atoms with Gasteiger partial charge in [-0.25, -0.2) is 9.97 Å². The van der Waals surface area contributed by atoms with Crippen molar-refractivity contribution in [1.82, 2.24) is 15.1 Å². The van der Waals surface area contributed by atoms with Gasteiger partial charge in [-0.3, -0.25) is 0 Å². The van der Waals surface area contributed by atoms with E-state index in [2.05, 4.69) is 25.8 Å². The zero-order valence-corrected chi connectivity index (χ0v) is 11.8. The maximum absolute atomic E-state index is 5.02. The second-order valence-electron chi connectivity index (χ2n) is 4.62. The van der Waals surface area contributed by atoms with Crippen molar-refractivity contribution in [3.63, 3.8) is 0 Å². The minimum atomic E-state index is 0.622. The normalized spacial score (nSPS) is 10.4. The lowest BCUT2D eigenvalue weighted by atomic mass is 10.3. The zero-order valence-electron chi connectivity index (χ0n) is 11.8. The first-order valence-corrected chi connectivity index (χ1v) is 6.57. The Morgan fingerprint density at radius 2 is 1.57 bits per heavy atom. The lowest BCUT2D eigenvalue weighted by Crippen LogP contribution is -2.01. The van der Waals surface area contributed by atoms with E-state index in [0.717, 1.165) is 17.3 Å². The first kappa shape index (κ1) is 13.1. The number of aryl methyl sites for hydroxylation is 2. The molecule has 0 fully saturated rings. The summed E-state index contributed by atoms with van der Waals surface area (Å²) in [5.41, 5.74) is 0.971. The van der Waals surface area contributed by atoms with Gasteiger partial charge in [-0.05, 0) is 26.0 Å². The highest BCUT2D eigenvalue weighted by atomic mass is 16.5. The molecule has 0 saturated heterocycles. The Labute approximate surface area is 122 Å². The summed E-state index contributed by atoms with van der Waals surface area (Å²) >= 11 is 0. The fourth-order valence-corrected chi connectivity index (χ4v) is 1.92. The third kappa shape index (κ3) is 3.36. The van der Waals surface area contributed by atoms with E-state index >= 15 is 0 Å². The quantitative estimate of drug-likeness (QED) is 0.761. The van der Waals surface area contributed by atoms with Crippen molar-refractivity contribution in [3.8, 4) is 0 Å². The molecule has 3 aromatic rings. The van der Waals surface area contributed by atoms with E-state index in [9.17, 15) is 0 Å². The molecule has 0 aliphatic heterocycles. The number of benzene rings is 1.